The van der Waals surface area contributed by atoms with Crippen LogP contribution < -0.4 is 5.32 Å². The zero-order valence-electron chi connectivity index (χ0n) is 10.6. The van der Waals surface area contributed by atoms with Crippen molar-refractivity contribution in [2.75, 3.05) is 19.6 Å². The zero-order chi connectivity index (χ0) is 13.0. The summed E-state index contributed by atoms with van der Waals surface area (Å²) in [4.78, 5) is 12.4. The number of piperidine rings is 1. The summed E-state index contributed by atoms with van der Waals surface area (Å²) >= 11 is 0. The van der Waals surface area contributed by atoms with Crippen LogP contribution in [0.4, 0.5) is 5.88 Å². The molecule has 0 radical (unpaired) electrons. The molecular formula is C12H19N3O3. The third kappa shape index (κ3) is 3.30. The first kappa shape index (κ1) is 13.0. The average molecular weight is 253 g/mol. The van der Waals surface area contributed by atoms with Crippen molar-refractivity contribution >= 4 is 5.88 Å². The highest BCUT2D eigenvalue weighted by molar-refractivity contribution is 5.17. The standard InChI is InChI=1S/C12H19N3O3/c1-2-14-7-5-10(6-8-14)13-9-11-3-4-12(18-11)15(16)17/h3-4,10,13H,2,5-9H2,1H3. The quantitative estimate of drug-likeness (QED) is 0.639. The number of hydrogen-bond donors (Lipinski definition) is 1. The number of likely N-dealkylation sites (tertiary alicyclic amines) is 1. The number of furan rings is 1. The Labute approximate surface area is 106 Å². The summed E-state index contributed by atoms with van der Waals surface area (Å²) in [5, 5.41) is 13.9. The number of rotatable bonds is 5. The van der Waals surface area contributed by atoms with Gasteiger partial charge in [0, 0.05) is 6.04 Å². The summed E-state index contributed by atoms with van der Waals surface area (Å²) in [5.41, 5.74) is 0. The third-order valence-electron chi connectivity index (χ3n) is 3.43. The lowest BCUT2D eigenvalue weighted by molar-refractivity contribution is -0.402. The molecule has 0 unspecified atom stereocenters. The minimum atomic E-state index is -0.511. The molecule has 1 aromatic rings. The van der Waals surface area contributed by atoms with E-state index in [1.165, 1.54) is 6.07 Å². The lowest BCUT2D eigenvalue weighted by atomic mass is 10.1. The van der Waals surface area contributed by atoms with Crippen molar-refractivity contribution < 1.29 is 9.34 Å². The summed E-state index contributed by atoms with van der Waals surface area (Å²) in [6.07, 6.45) is 2.24. The summed E-state index contributed by atoms with van der Waals surface area (Å²) in [7, 11) is 0. The molecule has 2 rings (SSSR count). The molecule has 0 atom stereocenters. The molecule has 0 aliphatic carbocycles. The molecule has 1 saturated heterocycles. The predicted octanol–water partition coefficient (Wildman–Crippen LogP) is 1.76. The number of hydrogen-bond acceptors (Lipinski definition) is 5. The molecule has 1 N–H and O–H groups in total. The van der Waals surface area contributed by atoms with Crippen LogP contribution in [0.1, 0.15) is 25.5 Å². The highest BCUT2D eigenvalue weighted by atomic mass is 16.6. The Morgan fingerprint density at radius 3 is 2.78 bits per heavy atom. The predicted molar refractivity (Wildman–Crippen MR) is 67.3 cm³/mol. The maximum Gasteiger partial charge on any atom is 0.433 e. The van der Waals surface area contributed by atoms with Crippen molar-refractivity contribution in [1.29, 1.82) is 0 Å². The van der Waals surface area contributed by atoms with E-state index in [1.54, 1.807) is 6.07 Å². The van der Waals surface area contributed by atoms with Crippen LogP contribution in [-0.2, 0) is 6.54 Å². The number of nitrogens with zero attached hydrogens (tertiary/aromatic N) is 2. The molecule has 0 spiro atoms. The van der Waals surface area contributed by atoms with Gasteiger partial charge in [-0.05, 0) is 38.5 Å². The van der Waals surface area contributed by atoms with Gasteiger partial charge >= 0.3 is 5.88 Å². The topological polar surface area (TPSA) is 71.5 Å². The van der Waals surface area contributed by atoms with Crippen molar-refractivity contribution in [3.63, 3.8) is 0 Å². The normalized spacial score (nSPS) is 18.1. The molecule has 0 saturated carbocycles. The molecule has 18 heavy (non-hydrogen) atoms. The lowest BCUT2D eigenvalue weighted by Gasteiger charge is -2.31. The molecule has 1 aromatic heterocycles. The van der Waals surface area contributed by atoms with E-state index in [4.69, 9.17) is 4.42 Å². The molecule has 1 aliphatic heterocycles. The molecule has 6 heteroatoms. The Morgan fingerprint density at radius 1 is 1.50 bits per heavy atom. The fourth-order valence-electron chi connectivity index (χ4n) is 2.26. The first-order valence-electron chi connectivity index (χ1n) is 6.38. The van der Waals surface area contributed by atoms with E-state index in [1.807, 2.05) is 0 Å². The van der Waals surface area contributed by atoms with Crippen molar-refractivity contribution in [3.8, 4) is 0 Å². The van der Waals surface area contributed by atoms with Gasteiger partial charge < -0.3 is 14.6 Å². The molecule has 0 bridgehead atoms. The van der Waals surface area contributed by atoms with Gasteiger partial charge in [-0.1, -0.05) is 6.92 Å². The lowest BCUT2D eigenvalue weighted by Crippen LogP contribution is -2.42. The van der Waals surface area contributed by atoms with E-state index < -0.39 is 4.92 Å². The van der Waals surface area contributed by atoms with Gasteiger partial charge in [-0.2, -0.15) is 0 Å². The molecule has 2 heterocycles. The van der Waals surface area contributed by atoms with Gasteiger partial charge in [0.15, 0.2) is 0 Å². The van der Waals surface area contributed by atoms with Gasteiger partial charge in [-0.15, -0.1) is 0 Å². The summed E-state index contributed by atoms with van der Waals surface area (Å²) in [5.74, 6) is 0.437. The van der Waals surface area contributed by atoms with E-state index in [0.29, 0.717) is 18.3 Å². The first-order valence-corrected chi connectivity index (χ1v) is 6.38. The van der Waals surface area contributed by atoms with Crippen molar-refractivity contribution in [2.45, 2.75) is 32.4 Å². The fraction of sp³-hybridized carbons (Fsp3) is 0.667. The van der Waals surface area contributed by atoms with E-state index in [2.05, 4.69) is 17.1 Å². The largest absolute Gasteiger partial charge is 0.433 e. The van der Waals surface area contributed by atoms with Crippen LogP contribution in [0.25, 0.3) is 0 Å². The Morgan fingerprint density at radius 2 is 2.22 bits per heavy atom. The molecule has 0 aromatic carbocycles. The van der Waals surface area contributed by atoms with Gasteiger partial charge in [-0.3, -0.25) is 10.1 Å². The Bertz CT molecular complexity index is 397. The second kappa shape index (κ2) is 5.97. The van der Waals surface area contributed by atoms with Crippen molar-refractivity contribution in [3.05, 3.63) is 28.0 Å². The second-order valence-corrected chi connectivity index (χ2v) is 4.59. The Balaban J connectivity index is 1.76. The van der Waals surface area contributed by atoms with Crippen LogP contribution in [-0.4, -0.2) is 35.5 Å². The van der Waals surface area contributed by atoms with Crippen LogP contribution in [0.3, 0.4) is 0 Å². The third-order valence-corrected chi connectivity index (χ3v) is 3.43. The van der Waals surface area contributed by atoms with Crippen LogP contribution in [0.15, 0.2) is 16.5 Å². The molecule has 100 valence electrons. The van der Waals surface area contributed by atoms with E-state index >= 15 is 0 Å². The van der Waals surface area contributed by atoms with E-state index in [0.717, 1.165) is 32.5 Å². The van der Waals surface area contributed by atoms with Crippen LogP contribution in [0.5, 0.6) is 0 Å². The molecule has 6 nitrogen and oxygen atoms in total. The van der Waals surface area contributed by atoms with E-state index in [-0.39, 0.29) is 5.88 Å². The molecule has 1 fully saturated rings. The summed E-state index contributed by atoms with van der Waals surface area (Å²) in [6, 6.07) is 3.54. The van der Waals surface area contributed by atoms with Gasteiger partial charge in [0.2, 0.25) is 0 Å². The van der Waals surface area contributed by atoms with Crippen LogP contribution in [0.2, 0.25) is 0 Å². The van der Waals surface area contributed by atoms with Crippen molar-refractivity contribution in [1.82, 2.24) is 10.2 Å². The van der Waals surface area contributed by atoms with Crippen molar-refractivity contribution in [2.24, 2.45) is 0 Å². The molecule has 1 aliphatic rings. The average Bonchev–Trinajstić information content (AvgIpc) is 2.86. The summed E-state index contributed by atoms with van der Waals surface area (Å²) in [6.45, 7) is 6.08. The fourth-order valence-corrected chi connectivity index (χ4v) is 2.26. The molecular weight excluding hydrogens is 234 g/mol. The Hall–Kier alpha value is -1.40. The Kier molecular flexibility index (Phi) is 4.33. The second-order valence-electron chi connectivity index (χ2n) is 4.59. The summed E-state index contributed by atoms with van der Waals surface area (Å²) < 4.78 is 5.11. The maximum atomic E-state index is 10.5. The number of nitro groups is 1. The van der Waals surface area contributed by atoms with Gasteiger partial charge in [0.1, 0.15) is 10.7 Å². The van der Waals surface area contributed by atoms with Gasteiger partial charge in [-0.25, -0.2) is 0 Å². The highest BCUT2D eigenvalue weighted by Crippen LogP contribution is 2.16. The van der Waals surface area contributed by atoms with Gasteiger partial charge in [0.05, 0.1) is 12.6 Å². The maximum absolute atomic E-state index is 10.5. The smallest absolute Gasteiger partial charge is 0.404 e. The van der Waals surface area contributed by atoms with Crippen LogP contribution in [0, 0.1) is 10.1 Å². The van der Waals surface area contributed by atoms with Gasteiger partial charge in [0.25, 0.3) is 0 Å². The monoisotopic (exact) mass is 253 g/mol. The minimum absolute atomic E-state index is 0.187. The zero-order valence-corrected chi connectivity index (χ0v) is 10.6. The molecule has 0 amide bonds. The first-order chi connectivity index (χ1) is 8.69. The highest BCUT2D eigenvalue weighted by Gasteiger charge is 2.18. The number of nitrogens with one attached hydrogen (secondary N) is 1. The van der Waals surface area contributed by atoms with Crippen LogP contribution >= 0.6 is 0 Å². The minimum Gasteiger partial charge on any atom is -0.404 e. The van der Waals surface area contributed by atoms with E-state index in [9.17, 15) is 10.1 Å². The SMILES string of the molecule is CCN1CCC(NCc2ccc([N+](=O)[O-])o2)CC1.